The van der Waals surface area contributed by atoms with Gasteiger partial charge in [-0.3, -0.25) is 14.2 Å². The zero-order valence-electron chi connectivity index (χ0n) is 13.9. The summed E-state index contributed by atoms with van der Waals surface area (Å²) >= 11 is 0. The fraction of sp³-hybridized carbons (Fsp3) is 0.278. The van der Waals surface area contributed by atoms with Crippen molar-refractivity contribution in [1.29, 1.82) is 0 Å². The molecular formula is C18H16N2O7. The molecule has 0 saturated carbocycles. The van der Waals surface area contributed by atoms with Crippen LogP contribution in [-0.2, 0) is 4.74 Å². The lowest BCUT2D eigenvalue weighted by Gasteiger charge is -2.19. The van der Waals surface area contributed by atoms with Gasteiger partial charge in [0, 0.05) is 11.8 Å². The average Bonchev–Trinajstić information content (AvgIpc) is 2.97. The summed E-state index contributed by atoms with van der Waals surface area (Å²) < 4.78 is 6.41. The second kappa shape index (κ2) is 7.30. The maximum Gasteiger partial charge on any atom is 0.340 e. The smallest absolute Gasteiger partial charge is 0.340 e. The number of nitrogens with zero attached hydrogens (tertiary/aromatic N) is 2. The van der Waals surface area contributed by atoms with Gasteiger partial charge in [0.2, 0.25) is 0 Å². The van der Waals surface area contributed by atoms with E-state index in [1.54, 1.807) is 18.2 Å². The lowest BCUT2D eigenvalue weighted by atomic mass is 10.1. The Bertz CT molecular complexity index is 1020. The Labute approximate surface area is 152 Å². The normalized spacial score (nSPS) is 24.5. The first-order chi connectivity index (χ1) is 12.9. The standard InChI is InChI=1S/C18H16N2O7/c1-2-10-8-19(17-14(23)13(22)12(9-21)27-17)18(26)20(15(10)24)16(25)11-6-4-3-5-7-11/h1,3-8,12-14,17,21-23H,9H2/t12-,13-,14+,17-/m1/s1. The van der Waals surface area contributed by atoms with E-state index in [1.807, 2.05) is 0 Å². The summed E-state index contributed by atoms with van der Waals surface area (Å²) in [6.45, 7) is -0.603. The molecule has 2 aromatic rings. The van der Waals surface area contributed by atoms with Crippen LogP contribution in [0.25, 0.3) is 0 Å². The van der Waals surface area contributed by atoms with Crippen LogP contribution < -0.4 is 11.2 Å². The van der Waals surface area contributed by atoms with Crippen molar-refractivity contribution < 1.29 is 24.9 Å². The Morgan fingerprint density at radius 2 is 1.85 bits per heavy atom. The second-order valence-corrected chi connectivity index (χ2v) is 5.92. The second-order valence-electron chi connectivity index (χ2n) is 5.92. The molecule has 9 heteroatoms. The van der Waals surface area contributed by atoms with Crippen LogP contribution in [0.15, 0.2) is 46.1 Å². The van der Waals surface area contributed by atoms with E-state index in [4.69, 9.17) is 11.2 Å². The quantitative estimate of drug-likeness (QED) is 0.547. The molecule has 9 nitrogen and oxygen atoms in total. The first-order valence-corrected chi connectivity index (χ1v) is 7.97. The molecule has 0 unspecified atom stereocenters. The van der Waals surface area contributed by atoms with Crippen molar-refractivity contribution in [2.75, 3.05) is 6.61 Å². The van der Waals surface area contributed by atoms with Gasteiger partial charge in [-0.05, 0) is 12.1 Å². The van der Waals surface area contributed by atoms with E-state index in [-0.39, 0.29) is 11.1 Å². The Kier molecular flexibility index (Phi) is 5.07. The van der Waals surface area contributed by atoms with Gasteiger partial charge in [0.1, 0.15) is 23.9 Å². The van der Waals surface area contributed by atoms with Crippen molar-refractivity contribution in [2.45, 2.75) is 24.5 Å². The van der Waals surface area contributed by atoms with E-state index in [0.29, 0.717) is 4.57 Å². The Morgan fingerprint density at radius 3 is 2.41 bits per heavy atom. The molecule has 27 heavy (non-hydrogen) atoms. The molecular weight excluding hydrogens is 356 g/mol. The van der Waals surface area contributed by atoms with Gasteiger partial charge >= 0.3 is 5.69 Å². The number of carbonyl (C=O) groups excluding carboxylic acids is 1. The third-order valence-corrected chi connectivity index (χ3v) is 4.28. The molecule has 1 aromatic carbocycles. The lowest BCUT2D eigenvalue weighted by Crippen LogP contribution is -2.47. The minimum absolute atomic E-state index is 0.0820. The summed E-state index contributed by atoms with van der Waals surface area (Å²) in [5, 5.41) is 29.2. The molecule has 1 saturated heterocycles. The van der Waals surface area contributed by atoms with Gasteiger partial charge in [-0.15, -0.1) is 6.42 Å². The molecule has 1 aromatic heterocycles. The van der Waals surface area contributed by atoms with Gasteiger partial charge in [0.05, 0.1) is 6.61 Å². The van der Waals surface area contributed by atoms with Crippen LogP contribution in [0.4, 0.5) is 0 Å². The molecule has 0 amide bonds. The average molecular weight is 372 g/mol. The summed E-state index contributed by atoms with van der Waals surface area (Å²) in [6, 6.07) is 7.64. The van der Waals surface area contributed by atoms with Gasteiger partial charge in [0.25, 0.3) is 11.5 Å². The highest BCUT2D eigenvalue weighted by Gasteiger charge is 2.44. The summed E-state index contributed by atoms with van der Waals surface area (Å²) in [5.41, 5.74) is -2.31. The zero-order valence-corrected chi connectivity index (χ0v) is 13.9. The van der Waals surface area contributed by atoms with Crippen LogP contribution in [0.2, 0.25) is 0 Å². The number of terminal acetylenes is 1. The number of benzene rings is 1. The maximum atomic E-state index is 12.8. The topological polar surface area (TPSA) is 131 Å². The third kappa shape index (κ3) is 3.11. The van der Waals surface area contributed by atoms with Crippen molar-refractivity contribution in [1.82, 2.24) is 9.13 Å². The highest BCUT2D eigenvalue weighted by molar-refractivity contribution is 5.95. The van der Waals surface area contributed by atoms with Crippen molar-refractivity contribution in [3.63, 3.8) is 0 Å². The number of ether oxygens (including phenoxy) is 1. The molecule has 0 spiro atoms. The molecule has 4 atom stereocenters. The van der Waals surface area contributed by atoms with Crippen molar-refractivity contribution in [2.24, 2.45) is 0 Å². The number of aliphatic hydroxyl groups excluding tert-OH is 3. The molecule has 3 N–H and O–H groups in total. The summed E-state index contributed by atoms with van der Waals surface area (Å²) in [7, 11) is 0. The van der Waals surface area contributed by atoms with Crippen LogP contribution in [0.3, 0.4) is 0 Å². The fourth-order valence-corrected chi connectivity index (χ4v) is 2.85. The van der Waals surface area contributed by atoms with E-state index in [9.17, 15) is 29.7 Å². The van der Waals surface area contributed by atoms with Crippen molar-refractivity contribution >= 4 is 5.91 Å². The van der Waals surface area contributed by atoms with Gasteiger partial charge in [-0.2, -0.15) is 4.57 Å². The van der Waals surface area contributed by atoms with Crippen LogP contribution in [0, 0.1) is 12.3 Å². The first-order valence-electron chi connectivity index (χ1n) is 7.97. The number of aliphatic hydroxyl groups is 3. The minimum atomic E-state index is -1.58. The van der Waals surface area contributed by atoms with Crippen LogP contribution >= 0.6 is 0 Å². The predicted molar refractivity (Wildman–Crippen MR) is 92.1 cm³/mol. The highest BCUT2D eigenvalue weighted by atomic mass is 16.6. The van der Waals surface area contributed by atoms with Gasteiger partial charge in [-0.25, -0.2) is 4.79 Å². The van der Waals surface area contributed by atoms with E-state index >= 15 is 0 Å². The predicted octanol–water partition coefficient (Wildman–Crippen LogP) is -1.71. The summed E-state index contributed by atoms with van der Waals surface area (Å²) in [4.78, 5) is 37.9. The first kappa shape index (κ1) is 18.8. The number of hydrogen-bond acceptors (Lipinski definition) is 7. The largest absolute Gasteiger partial charge is 0.394 e. The van der Waals surface area contributed by atoms with Crippen LogP contribution in [-0.4, -0.2) is 55.3 Å². The zero-order chi connectivity index (χ0) is 19.7. The SMILES string of the molecule is C#Cc1cn([C@@H]2O[C@H](CO)[C@@H](O)[C@@H]2O)c(=O)n(C(=O)c2ccccc2)c1=O. The lowest BCUT2D eigenvalue weighted by molar-refractivity contribution is -0.0554. The molecule has 1 fully saturated rings. The maximum absolute atomic E-state index is 12.8. The number of aromatic nitrogens is 2. The minimum Gasteiger partial charge on any atom is -0.394 e. The monoisotopic (exact) mass is 372 g/mol. The van der Waals surface area contributed by atoms with Gasteiger partial charge in [-0.1, -0.05) is 24.1 Å². The molecule has 0 bridgehead atoms. The highest BCUT2D eigenvalue weighted by Crippen LogP contribution is 2.28. The molecule has 2 heterocycles. The van der Waals surface area contributed by atoms with Crippen LogP contribution in [0.5, 0.6) is 0 Å². The van der Waals surface area contributed by atoms with Gasteiger partial charge in [0.15, 0.2) is 6.23 Å². The fourth-order valence-electron chi connectivity index (χ4n) is 2.85. The summed E-state index contributed by atoms with van der Waals surface area (Å²) in [6.07, 6.45) is 0.654. The van der Waals surface area contributed by atoms with Crippen LogP contribution in [0.1, 0.15) is 22.1 Å². The van der Waals surface area contributed by atoms with E-state index in [1.165, 1.54) is 12.1 Å². The number of hydrogen-bond donors (Lipinski definition) is 3. The molecule has 0 aliphatic carbocycles. The van der Waals surface area contributed by atoms with E-state index < -0.39 is 48.3 Å². The van der Waals surface area contributed by atoms with Crippen molar-refractivity contribution in [3.05, 3.63) is 68.5 Å². The number of carbonyl (C=O) groups is 1. The Morgan fingerprint density at radius 1 is 1.19 bits per heavy atom. The molecule has 1 aliphatic heterocycles. The molecule has 1 aliphatic rings. The molecule has 3 rings (SSSR count). The van der Waals surface area contributed by atoms with E-state index in [2.05, 4.69) is 5.92 Å². The van der Waals surface area contributed by atoms with Gasteiger partial charge < -0.3 is 20.1 Å². The molecule has 0 radical (unpaired) electrons. The Hall–Kier alpha value is -3.03. The summed E-state index contributed by atoms with van der Waals surface area (Å²) in [5.74, 6) is 1.19. The molecule has 140 valence electrons. The number of rotatable bonds is 3. The third-order valence-electron chi connectivity index (χ3n) is 4.28. The van der Waals surface area contributed by atoms with Crippen molar-refractivity contribution in [3.8, 4) is 12.3 Å². The Balaban J connectivity index is 2.18. The van der Waals surface area contributed by atoms with E-state index in [0.717, 1.165) is 10.8 Å².